The summed E-state index contributed by atoms with van der Waals surface area (Å²) in [5, 5.41) is 9.36. The highest BCUT2D eigenvalue weighted by Gasteiger charge is 2.36. The molecule has 1 saturated heterocycles. The summed E-state index contributed by atoms with van der Waals surface area (Å²) in [6.45, 7) is 7.86. The molecule has 1 fully saturated rings. The minimum Gasteiger partial charge on any atom is -0.395 e. The van der Waals surface area contributed by atoms with Gasteiger partial charge < -0.3 is 5.11 Å². The van der Waals surface area contributed by atoms with Crippen molar-refractivity contribution in [3.8, 4) is 0 Å². The van der Waals surface area contributed by atoms with Gasteiger partial charge in [-0.25, -0.2) is 0 Å². The van der Waals surface area contributed by atoms with E-state index in [1.807, 2.05) is 0 Å². The van der Waals surface area contributed by atoms with Gasteiger partial charge in [-0.05, 0) is 12.8 Å². The second-order valence-corrected chi connectivity index (χ2v) is 8.75. The molecule has 25 heavy (non-hydrogen) atoms. The van der Waals surface area contributed by atoms with Crippen molar-refractivity contribution >= 4 is 15.9 Å². The summed E-state index contributed by atoms with van der Waals surface area (Å²) >= 11 is 3.86. The molecule has 0 aromatic carbocycles. The molecule has 0 radical (unpaired) electrons. The Morgan fingerprint density at radius 2 is 1.36 bits per heavy atom. The summed E-state index contributed by atoms with van der Waals surface area (Å²) in [6, 6.07) is 0. The second-order valence-electron chi connectivity index (χ2n) is 7.70. The summed E-state index contributed by atoms with van der Waals surface area (Å²) in [5.41, 5.74) is 0. The van der Waals surface area contributed by atoms with Gasteiger partial charge in [0.1, 0.15) is 0 Å². The Kier molecular flexibility index (Phi) is 14.4. The van der Waals surface area contributed by atoms with Crippen molar-refractivity contribution in [2.75, 3.05) is 26.2 Å². The maximum absolute atomic E-state index is 9.36. The topological polar surface area (TPSA) is 26.7 Å². The van der Waals surface area contributed by atoms with Crippen LogP contribution in [-0.4, -0.2) is 52.3 Å². The molecule has 1 N–H and O–H groups in total. The third-order valence-corrected chi connectivity index (χ3v) is 6.34. The number of aliphatic hydroxyl groups excluding tert-OH is 1. The van der Waals surface area contributed by atoms with Gasteiger partial charge in [-0.2, -0.15) is 0 Å². The predicted molar refractivity (Wildman–Crippen MR) is 113 cm³/mol. The fourth-order valence-corrected chi connectivity index (χ4v) is 4.83. The van der Waals surface area contributed by atoms with E-state index < -0.39 is 0 Å². The van der Waals surface area contributed by atoms with E-state index in [0.717, 1.165) is 13.1 Å². The lowest BCUT2D eigenvalue weighted by atomic mass is 10.0. The molecule has 1 aliphatic rings. The normalized spacial score (nSPS) is 22.1. The fraction of sp³-hybridized carbons (Fsp3) is 1.00. The van der Waals surface area contributed by atoms with Gasteiger partial charge in [-0.3, -0.25) is 9.80 Å². The van der Waals surface area contributed by atoms with Crippen LogP contribution in [0.5, 0.6) is 0 Å². The van der Waals surface area contributed by atoms with E-state index >= 15 is 0 Å². The molecular weight excluding hydrogens is 376 g/mol. The molecule has 2 unspecified atom stereocenters. The zero-order chi connectivity index (χ0) is 18.3. The van der Waals surface area contributed by atoms with E-state index in [1.54, 1.807) is 0 Å². The van der Waals surface area contributed by atoms with E-state index in [1.165, 1.54) is 90.0 Å². The minimum absolute atomic E-state index is 0.274. The second kappa shape index (κ2) is 15.4. The molecule has 2 atom stereocenters. The van der Waals surface area contributed by atoms with Gasteiger partial charge in [0.15, 0.2) is 0 Å². The van der Waals surface area contributed by atoms with E-state index in [0.29, 0.717) is 11.1 Å². The Labute approximate surface area is 165 Å². The van der Waals surface area contributed by atoms with Gasteiger partial charge in [0, 0.05) is 19.6 Å². The van der Waals surface area contributed by atoms with Crippen molar-refractivity contribution in [3.63, 3.8) is 0 Å². The SMILES string of the molecule is CCCCCCCCCCCCC1N(CCO)CC(Br)N1CCCC. The van der Waals surface area contributed by atoms with Gasteiger partial charge in [0.05, 0.1) is 17.7 Å². The van der Waals surface area contributed by atoms with Crippen LogP contribution < -0.4 is 0 Å². The summed E-state index contributed by atoms with van der Waals surface area (Å²) in [6.07, 6.45) is 18.3. The van der Waals surface area contributed by atoms with Crippen LogP contribution in [0.25, 0.3) is 0 Å². The maximum atomic E-state index is 9.36. The third kappa shape index (κ3) is 9.74. The molecular formula is C21H43BrN2O. The number of nitrogens with zero attached hydrogens (tertiary/aromatic N) is 2. The Hall–Kier alpha value is 0.360. The standard InChI is InChI=1S/C21H43BrN2O/c1-3-5-7-8-9-10-11-12-13-14-15-21-23(17-18-25)19-20(22)24(21)16-6-4-2/h20-21,25H,3-19H2,1-2H3. The number of hydrogen-bond donors (Lipinski definition) is 1. The molecule has 0 aromatic rings. The molecule has 0 bridgehead atoms. The van der Waals surface area contributed by atoms with Crippen LogP contribution in [0.3, 0.4) is 0 Å². The number of alkyl halides is 1. The number of β-amino-alcohol motifs (C(OH)–C–C–N with tert-alkyl or cyclic N) is 1. The van der Waals surface area contributed by atoms with E-state index in [-0.39, 0.29) is 6.61 Å². The van der Waals surface area contributed by atoms with Crippen molar-refractivity contribution in [1.82, 2.24) is 9.80 Å². The van der Waals surface area contributed by atoms with Crippen LogP contribution >= 0.6 is 15.9 Å². The molecule has 3 nitrogen and oxygen atoms in total. The molecule has 0 saturated carbocycles. The highest BCUT2D eigenvalue weighted by Crippen LogP contribution is 2.28. The van der Waals surface area contributed by atoms with Gasteiger partial charge in [0.25, 0.3) is 0 Å². The van der Waals surface area contributed by atoms with Gasteiger partial charge in [-0.1, -0.05) is 100 Å². The van der Waals surface area contributed by atoms with Crippen molar-refractivity contribution in [3.05, 3.63) is 0 Å². The zero-order valence-electron chi connectivity index (χ0n) is 16.9. The molecule has 4 heteroatoms. The molecule has 0 aromatic heterocycles. The Morgan fingerprint density at radius 1 is 0.800 bits per heavy atom. The highest BCUT2D eigenvalue weighted by molar-refractivity contribution is 9.09. The van der Waals surface area contributed by atoms with Crippen molar-refractivity contribution in [1.29, 1.82) is 0 Å². The van der Waals surface area contributed by atoms with E-state index in [2.05, 4.69) is 39.6 Å². The van der Waals surface area contributed by atoms with Crippen molar-refractivity contribution in [2.24, 2.45) is 0 Å². The molecule has 0 spiro atoms. The zero-order valence-corrected chi connectivity index (χ0v) is 18.5. The average Bonchev–Trinajstić information content (AvgIpc) is 2.90. The van der Waals surface area contributed by atoms with Crippen LogP contribution in [0.4, 0.5) is 0 Å². The van der Waals surface area contributed by atoms with Crippen molar-refractivity contribution < 1.29 is 5.11 Å². The molecule has 0 amide bonds. The van der Waals surface area contributed by atoms with Crippen LogP contribution in [0, 0.1) is 0 Å². The number of hydrogen-bond acceptors (Lipinski definition) is 3. The fourth-order valence-electron chi connectivity index (χ4n) is 3.98. The first kappa shape index (κ1) is 23.4. The van der Waals surface area contributed by atoms with Gasteiger partial charge >= 0.3 is 0 Å². The first-order chi connectivity index (χ1) is 12.2. The largest absolute Gasteiger partial charge is 0.395 e. The number of rotatable bonds is 16. The Bertz CT molecular complexity index is 304. The van der Waals surface area contributed by atoms with Gasteiger partial charge in [0.2, 0.25) is 0 Å². The molecule has 1 rings (SSSR count). The van der Waals surface area contributed by atoms with Gasteiger partial charge in [-0.15, -0.1) is 0 Å². The summed E-state index contributed by atoms with van der Waals surface area (Å²) in [7, 11) is 0. The average molecular weight is 419 g/mol. The maximum Gasteiger partial charge on any atom is 0.0797 e. The number of unbranched alkanes of at least 4 members (excludes halogenated alkanes) is 10. The van der Waals surface area contributed by atoms with E-state index in [4.69, 9.17) is 0 Å². The highest BCUT2D eigenvalue weighted by atomic mass is 79.9. The number of halogens is 1. The van der Waals surface area contributed by atoms with Crippen LogP contribution in [0.1, 0.15) is 97.3 Å². The third-order valence-electron chi connectivity index (χ3n) is 5.52. The summed E-state index contributed by atoms with van der Waals surface area (Å²) in [4.78, 5) is 5.55. The lowest BCUT2D eigenvalue weighted by Crippen LogP contribution is -2.41. The van der Waals surface area contributed by atoms with Crippen LogP contribution in [0.15, 0.2) is 0 Å². The van der Waals surface area contributed by atoms with Crippen LogP contribution in [-0.2, 0) is 0 Å². The van der Waals surface area contributed by atoms with Crippen molar-refractivity contribution in [2.45, 2.75) is 108 Å². The Balaban J connectivity index is 2.18. The summed E-state index contributed by atoms with van der Waals surface area (Å²) < 4.78 is 0. The predicted octanol–water partition coefficient (Wildman–Crippen LogP) is 5.75. The first-order valence-electron chi connectivity index (χ1n) is 11.0. The molecule has 1 aliphatic heterocycles. The lowest BCUT2D eigenvalue weighted by molar-refractivity contribution is 0.102. The molecule has 0 aliphatic carbocycles. The first-order valence-corrected chi connectivity index (χ1v) is 11.9. The smallest absolute Gasteiger partial charge is 0.0797 e. The molecule has 1 heterocycles. The monoisotopic (exact) mass is 418 g/mol. The lowest BCUT2D eigenvalue weighted by Gasteiger charge is -2.30. The molecule has 150 valence electrons. The quantitative estimate of drug-likeness (QED) is 0.196. The summed E-state index contributed by atoms with van der Waals surface area (Å²) in [5.74, 6) is 0. The minimum atomic E-state index is 0.274. The van der Waals surface area contributed by atoms with E-state index in [9.17, 15) is 5.11 Å². The Morgan fingerprint density at radius 3 is 1.92 bits per heavy atom. The number of aliphatic hydroxyl groups is 1. The van der Waals surface area contributed by atoms with Crippen LogP contribution in [0.2, 0.25) is 0 Å².